The normalized spacial score (nSPS) is 17.0. The smallest absolute Gasteiger partial charge is 0.223 e. The molecule has 6 nitrogen and oxygen atoms in total. The fraction of sp³-hybridized carbons (Fsp3) is 0.444. The van der Waals surface area contributed by atoms with Crippen LogP contribution in [0.25, 0.3) is 11.3 Å². The van der Waals surface area contributed by atoms with E-state index >= 15 is 0 Å². The highest BCUT2D eigenvalue weighted by Gasteiger charge is 2.18. The van der Waals surface area contributed by atoms with Gasteiger partial charge in [-0.2, -0.15) is 0 Å². The van der Waals surface area contributed by atoms with Gasteiger partial charge in [0.25, 0.3) is 0 Å². The van der Waals surface area contributed by atoms with Gasteiger partial charge in [0.1, 0.15) is 5.82 Å². The molecule has 0 spiro atoms. The van der Waals surface area contributed by atoms with Crippen molar-refractivity contribution in [2.45, 2.75) is 39.5 Å². The minimum Gasteiger partial charge on any atom is -0.356 e. The van der Waals surface area contributed by atoms with Crippen molar-refractivity contribution >= 4 is 5.91 Å². The number of rotatable bonds is 5. The zero-order chi connectivity index (χ0) is 16.9. The first-order chi connectivity index (χ1) is 11.6. The number of allylic oxidation sites excluding steroid dienone is 2. The van der Waals surface area contributed by atoms with Gasteiger partial charge in [-0.1, -0.05) is 17.3 Å². The predicted molar refractivity (Wildman–Crippen MR) is 90.2 cm³/mol. The highest BCUT2D eigenvalue weighted by molar-refractivity contribution is 5.79. The number of hydrogen-bond donors (Lipinski definition) is 1. The Morgan fingerprint density at radius 3 is 2.96 bits per heavy atom. The lowest BCUT2D eigenvalue weighted by Gasteiger charge is -2.17. The van der Waals surface area contributed by atoms with Gasteiger partial charge < -0.3 is 9.84 Å². The Kier molecular flexibility index (Phi) is 5.03. The molecule has 0 saturated heterocycles. The second kappa shape index (κ2) is 7.38. The zero-order valence-corrected chi connectivity index (χ0v) is 14.1. The first-order valence-electron chi connectivity index (χ1n) is 8.32. The molecule has 0 aliphatic heterocycles. The van der Waals surface area contributed by atoms with Crippen LogP contribution in [-0.4, -0.2) is 27.6 Å². The summed E-state index contributed by atoms with van der Waals surface area (Å²) >= 11 is 0. The highest BCUT2D eigenvalue weighted by atomic mass is 16.5. The SMILES string of the molecule is Cc1cc(-c2cnc(C)nc2CCNC(=O)[C@@H]2CC=CCC2)on1. The number of amides is 1. The minimum atomic E-state index is 0.0959. The average Bonchev–Trinajstić information content (AvgIpc) is 3.02. The van der Waals surface area contributed by atoms with Crippen molar-refractivity contribution in [1.82, 2.24) is 20.4 Å². The number of aryl methyl sites for hydroxylation is 2. The molecular formula is C18H22N4O2. The van der Waals surface area contributed by atoms with Crippen molar-refractivity contribution in [2.75, 3.05) is 6.54 Å². The van der Waals surface area contributed by atoms with Crippen molar-refractivity contribution in [3.05, 3.63) is 41.6 Å². The van der Waals surface area contributed by atoms with Crippen molar-refractivity contribution in [3.8, 4) is 11.3 Å². The lowest BCUT2D eigenvalue weighted by Crippen LogP contribution is -2.32. The van der Waals surface area contributed by atoms with Gasteiger partial charge in [-0.05, 0) is 33.1 Å². The van der Waals surface area contributed by atoms with Crippen LogP contribution in [0.4, 0.5) is 0 Å². The van der Waals surface area contributed by atoms with E-state index in [-0.39, 0.29) is 11.8 Å². The lowest BCUT2D eigenvalue weighted by molar-refractivity contribution is -0.125. The Hall–Kier alpha value is -2.50. The quantitative estimate of drug-likeness (QED) is 0.855. The monoisotopic (exact) mass is 326 g/mol. The van der Waals surface area contributed by atoms with Gasteiger partial charge in [-0.3, -0.25) is 4.79 Å². The standard InChI is InChI=1S/C18H22N4O2/c1-12-10-17(24-22-12)15-11-20-13(2)21-16(15)8-9-19-18(23)14-6-4-3-5-7-14/h3-4,10-11,14H,5-9H2,1-2H3,(H,19,23)/t14-/m1/s1. The molecule has 126 valence electrons. The first kappa shape index (κ1) is 16.4. The number of nitrogens with one attached hydrogen (secondary N) is 1. The Morgan fingerprint density at radius 1 is 1.38 bits per heavy atom. The van der Waals surface area contributed by atoms with E-state index in [1.807, 2.05) is 19.9 Å². The van der Waals surface area contributed by atoms with Gasteiger partial charge in [0.15, 0.2) is 5.76 Å². The number of aromatic nitrogens is 3. The molecule has 1 aliphatic rings. The van der Waals surface area contributed by atoms with Crippen LogP contribution in [0.15, 0.2) is 28.9 Å². The lowest BCUT2D eigenvalue weighted by atomic mass is 9.93. The molecule has 0 unspecified atom stereocenters. The molecule has 0 bridgehead atoms. The van der Waals surface area contributed by atoms with Crippen molar-refractivity contribution in [3.63, 3.8) is 0 Å². The zero-order valence-electron chi connectivity index (χ0n) is 14.1. The fourth-order valence-electron chi connectivity index (χ4n) is 2.88. The summed E-state index contributed by atoms with van der Waals surface area (Å²) in [5.74, 6) is 1.58. The third-order valence-electron chi connectivity index (χ3n) is 4.18. The Morgan fingerprint density at radius 2 is 2.25 bits per heavy atom. The second-order valence-electron chi connectivity index (χ2n) is 6.13. The molecule has 1 N–H and O–H groups in total. The van der Waals surface area contributed by atoms with Crippen molar-refractivity contribution in [2.24, 2.45) is 5.92 Å². The van der Waals surface area contributed by atoms with Crippen molar-refractivity contribution < 1.29 is 9.32 Å². The van der Waals surface area contributed by atoms with Crippen LogP contribution in [0.5, 0.6) is 0 Å². The number of hydrogen-bond acceptors (Lipinski definition) is 5. The van der Waals surface area contributed by atoms with E-state index in [0.29, 0.717) is 24.6 Å². The molecule has 2 heterocycles. The third kappa shape index (κ3) is 3.88. The van der Waals surface area contributed by atoms with Gasteiger partial charge >= 0.3 is 0 Å². The number of carbonyl (C=O) groups is 1. The van der Waals surface area contributed by atoms with Crippen molar-refractivity contribution in [1.29, 1.82) is 0 Å². The molecule has 2 aromatic heterocycles. The topological polar surface area (TPSA) is 80.9 Å². The van der Waals surface area contributed by atoms with E-state index < -0.39 is 0 Å². The summed E-state index contributed by atoms with van der Waals surface area (Å²) in [7, 11) is 0. The molecule has 24 heavy (non-hydrogen) atoms. The average molecular weight is 326 g/mol. The molecule has 0 fully saturated rings. The molecule has 6 heteroatoms. The third-order valence-corrected chi connectivity index (χ3v) is 4.18. The van der Waals surface area contributed by atoms with E-state index in [1.165, 1.54) is 0 Å². The van der Waals surface area contributed by atoms with Crippen LogP contribution >= 0.6 is 0 Å². The first-order valence-corrected chi connectivity index (χ1v) is 8.32. The summed E-state index contributed by atoms with van der Waals surface area (Å²) in [6.07, 6.45) is 9.36. The molecule has 1 aliphatic carbocycles. The summed E-state index contributed by atoms with van der Waals surface area (Å²) in [6.45, 7) is 4.28. The summed E-state index contributed by atoms with van der Waals surface area (Å²) in [4.78, 5) is 21.0. The summed E-state index contributed by atoms with van der Waals surface area (Å²) < 4.78 is 5.33. The van der Waals surface area contributed by atoms with Gasteiger partial charge in [0.05, 0.1) is 17.0 Å². The van der Waals surface area contributed by atoms with Crippen LogP contribution in [0, 0.1) is 19.8 Å². The Balaban J connectivity index is 1.65. The Bertz CT molecular complexity index is 751. The second-order valence-corrected chi connectivity index (χ2v) is 6.13. The molecule has 0 radical (unpaired) electrons. The maximum atomic E-state index is 12.2. The van der Waals surface area contributed by atoms with E-state index in [1.54, 1.807) is 6.20 Å². The van der Waals surface area contributed by atoms with Gasteiger partial charge in [-0.25, -0.2) is 9.97 Å². The van der Waals surface area contributed by atoms with Gasteiger partial charge in [-0.15, -0.1) is 0 Å². The fourth-order valence-corrected chi connectivity index (χ4v) is 2.88. The van der Waals surface area contributed by atoms with E-state index in [0.717, 1.165) is 36.2 Å². The molecule has 1 amide bonds. The van der Waals surface area contributed by atoms with Crippen LogP contribution in [-0.2, 0) is 11.2 Å². The van der Waals surface area contributed by atoms with E-state index in [4.69, 9.17) is 4.52 Å². The maximum Gasteiger partial charge on any atom is 0.223 e. The summed E-state index contributed by atoms with van der Waals surface area (Å²) in [5.41, 5.74) is 2.51. The molecule has 3 rings (SSSR count). The highest BCUT2D eigenvalue weighted by Crippen LogP contribution is 2.23. The predicted octanol–water partition coefficient (Wildman–Crippen LogP) is 2.76. The van der Waals surface area contributed by atoms with Crippen LogP contribution in [0.1, 0.15) is 36.5 Å². The molecule has 1 atom stereocenters. The Labute approximate surface area is 141 Å². The van der Waals surface area contributed by atoms with Gasteiger partial charge in [0, 0.05) is 31.1 Å². The molecule has 2 aromatic rings. The van der Waals surface area contributed by atoms with Crippen LogP contribution in [0.2, 0.25) is 0 Å². The van der Waals surface area contributed by atoms with Gasteiger partial charge in [0.2, 0.25) is 5.91 Å². The van der Waals surface area contributed by atoms with E-state index in [2.05, 4.69) is 32.6 Å². The minimum absolute atomic E-state index is 0.0959. The molecule has 0 saturated carbocycles. The summed E-state index contributed by atoms with van der Waals surface area (Å²) in [6, 6.07) is 1.87. The molecular weight excluding hydrogens is 304 g/mol. The largest absolute Gasteiger partial charge is 0.356 e. The van der Waals surface area contributed by atoms with Crippen LogP contribution < -0.4 is 5.32 Å². The maximum absolute atomic E-state index is 12.2. The summed E-state index contributed by atoms with van der Waals surface area (Å²) in [5, 5.41) is 6.94. The van der Waals surface area contributed by atoms with E-state index in [9.17, 15) is 4.79 Å². The number of nitrogens with zero attached hydrogens (tertiary/aromatic N) is 3. The molecule has 0 aromatic carbocycles. The van der Waals surface area contributed by atoms with Crippen LogP contribution in [0.3, 0.4) is 0 Å². The number of carbonyl (C=O) groups excluding carboxylic acids is 1.